The van der Waals surface area contributed by atoms with Crippen LogP contribution in [0.15, 0.2) is 21.9 Å². The van der Waals surface area contributed by atoms with Crippen LogP contribution in [-0.4, -0.2) is 76.3 Å². The number of furan rings is 1. The third kappa shape index (κ3) is 9.60. The maximum atomic E-state index is 10.6. The van der Waals surface area contributed by atoms with E-state index in [4.69, 9.17) is 33.7 Å². The first kappa shape index (κ1) is 30.5. The number of nitrogens with zero attached hydrogens (tertiary/aromatic N) is 2. The molecule has 16 heteroatoms. The number of aliphatic carboxylic acids is 2. The van der Waals surface area contributed by atoms with Crippen LogP contribution in [0.25, 0.3) is 0 Å². The van der Waals surface area contributed by atoms with Crippen LogP contribution < -0.4 is 0 Å². The molecule has 0 spiro atoms. The fraction of sp³-hybridized carbons (Fsp3) is 0.571. The zero-order chi connectivity index (χ0) is 28.0. The van der Waals surface area contributed by atoms with Gasteiger partial charge in [-0.25, -0.2) is 14.6 Å². The third-order valence-electron chi connectivity index (χ3n) is 5.21. The summed E-state index contributed by atoms with van der Waals surface area (Å²) < 4.78 is 81.1. The van der Waals surface area contributed by atoms with Gasteiger partial charge in [0.05, 0.1) is 43.2 Å². The van der Waals surface area contributed by atoms with E-state index in [1.165, 1.54) is 0 Å². The molecule has 2 saturated heterocycles. The maximum Gasteiger partial charge on any atom is 0.490 e. The summed E-state index contributed by atoms with van der Waals surface area (Å²) in [6.07, 6.45) is -9.96. The van der Waals surface area contributed by atoms with Crippen molar-refractivity contribution in [2.24, 2.45) is 5.92 Å². The van der Waals surface area contributed by atoms with E-state index >= 15 is 0 Å². The summed E-state index contributed by atoms with van der Waals surface area (Å²) in [5.74, 6) is -3.08. The van der Waals surface area contributed by atoms with Crippen molar-refractivity contribution in [3.63, 3.8) is 0 Å². The molecule has 2 fully saturated rings. The SMILES string of the molecule is Cc1ccc(CN2C[C@H](OCc3csc(C)n3)[C@H]3COC[C@H]32)o1.O=C(O)C(F)(F)F.O=C(O)C(F)(F)F. The van der Waals surface area contributed by atoms with Gasteiger partial charge < -0.3 is 24.1 Å². The molecule has 2 aliphatic heterocycles. The zero-order valence-electron chi connectivity index (χ0n) is 19.5. The number of fused-ring (bicyclic) bond motifs is 1. The van der Waals surface area contributed by atoms with E-state index < -0.39 is 24.3 Å². The molecule has 2 aliphatic rings. The molecule has 0 radical (unpaired) electrons. The lowest BCUT2D eigenvalue weighted by molar-refractivity contribution is -0.193. The number of rotatable bonds is 5. The maximum absolute atomic E-state index is 10.6. The van der Waals surface area contributed by atoms with Gasteiger partial charge in [-0.1, -0.05) is 0 Å². The van der Waals surface area contributed by atoms with Gasteiger partial charge in [-0.2, -0.15) is 26.3 Å². The molecule has 0 unspecified atom stereocenters. The third-order valence-corrected chi connectivity index (χ3v) is 6.03. The summed E-state index contributed by atoms with van der Waals surface area (Å²) in [6.45, 7) is 7.94. The Hall–Kier alpha value is -2.69. The first-order valence-electron chi connectivity index (χ1n) is 10.6. The van der Waals surface area contributed by atoms with E-state index in [-0.39, 0.29) is 6.10 Å². The molecule has 0 saturated carbocycles. The zero-order valence-corrected chi connectivity index (χ0v) is 20.3. The quantitative estimate of drug-likeness (QED) is 0.520. The van der Waals surface area contributed by atoms with Crippen LogP contribution >= 0.6 is 11.3 Å². The second kappa shape index (κ2) is 12.7. The first-order chi connectivity index (χ1) is 17.1. The van der Waals surface area contributed by atoms with Crippen molar-refractivity contribution in [3.8, 4) is 0 Å². The van der Waals surface area contributed by atoms with Crippen LogP contribution in [0.5, 0.6) is 0 Å². The van der Waals surface area contributed by atoms with E-state index in [2.05, 4.69) is 21.3 Å². The number of carboxylic acids is 2. The summed E-state index contributed by atoms with van der Waals surface area (Å²) in [4.78, 5) is 24.7. The van der Waals surface area contributed by atoms with Crippen molar-refractivity contribution in [2.75, 3.05) is 19.8 Å². The minimum absolute atomic E-state index is 0.209. The van der Waals surface area contributed by atoms with Crippen molar-refractivity contribution in [1.82, 2.24) is 9.88 Å². The Morgan fingerprint density at radius 1 is 1.11 bits per heavy atom. The predicted molar refractivity (Wildman–Crippen MR) is 115 cm³/mol. The summed E-state index contributed by atoms with van der Waals surface area (Å²) >= 11 is 1.67. The number of carbonyl (C=O) groups is 2. The molecular weight excluding hydrogens is 538 g/mol. The van der Waals surface area contributed by atoms with Crippen molar-refractivity contribution >= 4 is 23.3 Å². The second-order valence-corrected chi connectivity index (χ2v) is 9.09. The average molecular weight is 562 g/mol. The predicted octanol–water partition coefficient (Wildman–Crippen LogP) is 4.04. The Morgan fingerprint density at radius 2 is 1.70 bits per heavy atom. The Bertz CT molecular complexity index is 1020. The molecule has 2 N–H and O–H groups in total. The van der Waals surface area contributed by atoms with Gasteiger partial charge in [0, 0.05) is 23.9 Å². The largest absolute Gasteiger partial charge is 0.490 e. The number of alkyl halides is 6. The summed E-state index contributed by atoms with van der Waals surface area (Å²) in [6, 6.07) is 4.52. The van der Waals surface area contributed by atoms with Crippen LogP contribution in [-0.2, 0) is 32.2 Å². The molecule has 4 heterocycles. The first-order valence-corrected chi connectivity index (χ1v) is 11.5. The number of hydrogen-bond donors (Lipinski definition) is 2. The van der Waals surface area contributed by atoms with Gasteiger partial charge in [-0.15, -0.1) is 11.3 Å². The fourth-order valence-electron chi connectivity index (χ4n) is 3.59. The molecule has 2 aromatic rings. The number of aromatic nitrogens is 1. The van der Waals surface area contributed by atoms with Crippen LogP contribution in [0, 0.1) is 19.8 Å². The van der Waals surface area contributed by atoms with E-state index in [9.17, 15) is 26.3 Å². The Morgan fingerprint density at radius 3 is 2.16 bits per heavy atom. The highest BCUT2D eigenvalue weighted by atomic mass is 32.1. The summed E-state index contributed by atoms with van der Waals surface area (Å²) in [5.41, 5.74) is 1.03. The van der Waals surface area contributed by atoms with Crippen molar-refractivity contribution < 1.29 is 60.0 Å². The standard InChI is InChI=1S/C17H22N2O3S.2C2HF3O2/c1-11-3-4-14(22-11)5-19-6-17(15-8-20-9-16(15)19)21-7-13-10-23-12(2)18-13;2*3-2(4,5)1(6)7/h3-4,10,15-17H,5-9H2,1-2H3;2*(H,6,7)/t15-,16+,17-;;/m0../s1. The van der Waals surface area contributed by atoms with Gasteiger partial charge in [0.2, 0.25) is 0 Å². The van der Waals surface area contributed by atoms with Crippen LogP contribution in [0.2, 0.25) is 0 Å². The fourth-order valence-corrected chi connectivity index (χ4v) is 4.19. The molecule has 0 bridgehead atoms. The highest BCUT2D eigenvalue weighted by Crippen LogP contribution is 2.34. The Kier molecular flexibility index (Phi) is 10.5. The number of thiazole rings is 1. The van der Waals surface area contributed by atoms with Crippen molar-refractivity contribution in [1.29, 1.82) is 0 Å². The van der Waals surface area contributed by atoms with Gasteiger partial charge in [0.25, 0.3) is 0 Å². The van der Waals surface area contributed by atoms with Gasteiger partial charge in [0.15, 0.2) is 0 Å². The van der Waals surface area contributed by atoms with E-state index in [0.717, 1.165) is 48.5 Å². The number of halogens is 6. The van der Waals surface area contributed by atoms with E-state index in [1.54, 1.807) is 11.3 Å². The Balaban J connectivity index is 0.000000286. The lowest BCUT2D eigenvalue weighted by atomic mass is 10.0. The van der Waals surface area contributed by atoms with Gasteiger partial charge >= 0.3 is 24.3 Å². The minimum atomic E-state index is -5.08. The lowest BCUT2D eigenvalue weighted by Crippen LogP contribution is -2.32. The number of carboxylic acid groups (broad SMARTS) is 2. The van der Waals surface area contributed by atoms with Crippen molar-refractivity contribution in [2.45, 2.75) is 51.5 Å². The smallest absolute Gasteiger partial charge is 0.475 e. The number of ether oxygens (including phenoxy) is 2. The van der Waals surface area contributed by atoms with Crippen LogP contribution in [0.4, 0.5) is 26.3 Å². The van der Waals surface area contributed by atoms with Crippen LogP contribution in [0.3, 0.4) is 0 Å². The lowest BCUT2D eigenvalue weighted by Gasteiger charge is -2.20. The molecule has 37 heavy (non-hydrogen) atoms. The summed E-state index contributed by atoms with van der Waals surface area (Å²) in [5, 5.41) is 17.4. The topological polar surface area (TPSA) is 122 Å². The number of aryl methyl sites for hydroxylation is 2. The Labute approximate surface area is 210 Å². The van der Waals surface area contributed by atoms with Gasteiger partial charge in [-0.05, 0) is 26.0 Å². The highest BCUT2D eigenvalue weighted by molar-refractivity contribution is 7.09. The number of likely N-dealkylation sites (tertiary alicyclic amines) is 1. The van der Waals surface area contributed by atoms with E-state index in [1.807, 2.05) is 19.9 Å². The monoisotopic (exact) mass is 562 g/mol. The van der Waals surface area contributed by atoms with Gasteiger partial charge in [-0.3, -0.25) is 4.90 Å². The normalized spacial score (nSPS) is 21.5. The molecule has 2 aromatic heterocycles. The molecule has 4 rings (SSSR count). The highest BCUT2D eigenvalue weighted by Gasteiger charge is 2.46. The van der Waals surface area contributed by atoms with Crippen molar-refractivity contribution in [3.05, 3.63) is 39.7 Å². The molecule has 0 amide bonds. The minimum Gasteiger partial charge on any atom is -0.475 e. The second-order valence-electron chi connectivity index (χ2n) is 8.02. The van der Waals surface area contributed by atoms with Crippen LogP contribution in [0.1, 0.15) is 22.2 Å². The molecular formula is C21H24F6N2O7S. The molecule has 0 aliphatic carbocycles. The molecule has 208 valence electrons. The van der Waals surface area contributed by atoms with E-state index in [0.29, 0.717) is 18.6 Å². The molecule has 0 aromatic carbocycles. The average Bonchev–Trinajstić information content (AvgIpc) is 3.54. The van der Waals surface area contributed by atoms with Gasteiger partial charge in [0.1, 0.15) is 11.5 Å². The number of hydrogen-bond acceptors (Lipinski definition) is 8. The molecule has 9 nitrogen and oxygen atoms in total. The molecule has 3 atom stereocenters. The summed E-state index contributed by atoms with van der Waals surface area (Å²) in [7, 11) is 0.